The van der Waals surface area contributed by atoms with Crippen molar-refractivity contribution in [3.05, 3.63) is 58.7 Å². The van der Waals surface area contributed by atoms with E-state index in [1.807, 2.05) is 6.92 Å². The first-order chi connectivity index (χ1) is 18.8. The molecule has 2 heterocycles. The van der Waals surface area contributed by atoms with Crippen LogP contribution < -0.4 is 14.2 Å². The summed E-state index contributed by atoms with van der Waals surface area (Å²) in [5, 5.41) is 13.3. The number of para-hydroxylation sites is 1. The molecule has 4 aromatic rings. The topological polar surface area (TPSA) is 147 Å². The van der Waals surface area contributed by atoms with Crippen LogP contribution in [0.5, 0.6) is 11.5 Å². The number of ether oxygens (including phenoxy) is 2. The molecule has 0 saturated carbocycles. The lowest BCUT2D eigenvalue weighted by Crippen LogP contribution is -2.18. The summed E-state index contributed by atoms with van der Waals surface area (Å²) in [5.41, 5.74) is 1.92. The smallest absolute Gasteiger partial charge is 0.243 e. The molecule has 2 aromatic heterocycles. The minimum atomic E-state index is -3.73. The summed E-state index contributed by atoms with van der Waals surface area (Å²) in [6.45, 7) is 3.36. The Morgan fingerprint density at radius 2 is 1.68 bits per heavy atom. The highest BCUT2D eigenvalue weighted by Crippen LogP contribution is 2.39. The van der Waals surface area contributed by atoms with Gasteiger partial charge in [0.15, 0.2) is 15.7 Å². The van der Waals surface area contributed by atoms with Gasteiger partial charge in [0.25, 0.3) is 0 Å². The zero-order valence-electron chi connectivity index (χ0n) is 22.7. The van der Waals surface area contributed by atoms with Crippen LogP contribution in [-0.4, -0.2) is 67.6 Å². The molecule has 0 fully saturated rings. The molecule has 0 saturated heterocycles. The van der Waals surface area contributed by atoms with Gasteiger partial charge in [0.1, 0.15) is 22.9 Å². The summed E-state index contributed by atoms with van der Waals surface area (Å²) in [5.74, 6) is 0.264. The van der Waals surface area contributed by atoms with Crippen molar-refractivity contribution in [3.8, 4) is 28.7 Å². The van der Waals surface area contributed by atoms with E-state index >= 15 is 0 Å². The van der Waals surface area contributed by atoms with Crippen LogP contribution in [-0.2, 0) is 26.9 Å². The molecule has 0 bridgehead atoms. The average Bonchev–Trinajstić information content (AvgIpc) is 3.49. The van der Waals surface area contributed by atoms with Crippen LogP contribution >= 0.6 is 11.6 Å². The highest BCUT2D eigenvalue weighted by atomic mass is 35.5. The van der Waals surface area contributed by atoms with E-state index in [2.05, 4.69) is 20.0 Å². The second-order valence-electron chi connectivity index (χ2n) is 8.95. The first kappa shape index (κ1) is 29.4. The Kier molecular flexibility index (Phi) is 8.15. The summed E-state index contributed by atoms with van der Waals surface area (Å²) in [7, 11) is -2.64. The van der Waals surface area contributed by atoms with Crippen LogP contribution in [0.25, 0.3) is 17.2 Å². The Labute approximate surface area is 237 Å². The molecular formula is C25H29ClN6O6S2. The molecular weight excluding hydrogens is 580 g/mol. The van der Waals surface area contributed by atoms with Crippen molar-refractivity contribution in [2.75, 3.05) is 31.0 Å². The van der Waals surface area contributed by atoms with Gasteiger partial charge < -0.3 is 9.47 Å². The van der Waals surface area contributed by atoms with Crippen molar-refractivity contribution in [2.45, 2.75) is 24.7 Å². The van der Waals surface area contributed by atoms with Gasteiger partial charge in [0.2, 0.25) is 16.0 Å². The molecule has 2 aromatic carbocycles. The van der Waals surface area contributed by atoms with Crippen molar-refractivity contribution in [2.24, 2.45) is 7.05 Å². The summed E-state index contributed by atoms with van der Waals surface area (Å²) < 4.78 is 66.8. The molecule has 4 rings (SSSR count). The third-order valence-electron chi connectivity index (χ3n) is 6.35. The predicted octanol–water partition coefficient (Wildman–Crippen LogP) is 3.66. The van der Waals surface area contributed by atoms with Gasteiger partial charge in [-0.3, -0.25) is 14.0 Å². The number of nitrogens with one attached hydrogen (secondary N) is 1. The number of anilines is 1. The molecule has 0 amide bonds. The van der Waals surface area contributed by atoms with Gasteiger partial charge >= 0.3 is 0 Å². The van der Waals surface area contributed by atoms with Gasteiger partial charge in [-0.05, 0) is 42.8 Å². The molecule has 0 aliphatic heterocycles. The van der Waals surface area contributed by atoms with Crippen molar-refractivity contribution < 1.29 is 26.3 Å². The fourth-order valence-electron chi connectivity index (χ4n) is 4.33. The van der Waals surface area contributed by atoms with E-state index < -0.39 is 25.8 Å². The molecule has 0 spiro atoms. The number of aryl methyl sites for hydroxylation is 1. The number of nitrogens with zero attached hydrogens (tertiary/aromatic N) is 5. The van der Waals surface area contributed by atoms with Crippen LogP contribution in [0, 0.1) is 0 Å². The van der Waals surface area contributed by atoms with Crippen LogP contribution in [0.3, 0.4) is 0 Å². The summed E-state index contributed by atoms with van der Waals surface area (Å²) >= 11 is 6.10. The predicted molar refractivity (Wildman–Crippen MR) is 152 cm³/mol. The monoisotopic (exact) mass is 608 g/mol. The Balaban J connectivity index is 1.93. The molecule has 0 radical (unpaired) electrons. The standard InChI is InChI=1S/C25H29ClN6O6S2/c1-7-40(35,36)30-25-28-27-24(32(25)23-20(37-4)9-8-10-21(23)38-5)18-14-19(31(3)29-18)15(2)17-12-11-16(26)13-22(17)39(6,33)34/h8-15H,7H2,1-6H3,(H,28,30)/t15-/m1/s1. The fraction of sp³-hybridized carbons (Fsp3) is 0.320. The first-order valence-corrected chi connectivity index (χ1v) is 15.9. The molecule has 0 unspecified atom stereocenters. The van der Waals surface area contributed by atoms with E-state index in [0.717, 1.165) is 6.26 Å². The van der Waals surface area contributed by atoms with Gasteiger partial charge in [0.05, 0.1) is 24.9 Å². The number of sulfonamides is 1. The lowest BCUT2D eigenvalue weighted by atomic mass is 9.97. The molecule has 1 N–H and O–H groups in total. The number of hydrogen-bond acceptors (Lipinski definition) is 9. The summed E-state index contributed by atoms with van der Waals surface area (Å²) in [6.07, 6.45) is 1.13. The zero-order chi connectivity index (χ0) is 29.4. The van der Waals surface area contributed by atoms with Crippen molar-refractivity contribution >= 4 is 37.4 Å². The van der Waals surface area contributed by atoms with Gasteiger partial charge in [-0.15, -0.1) is 10.2 Å². The number of sulfone groups is 1. The quantitative estimate of drug-likeness (QED) is 0.285. The van der Waals surface area contributed by atoms with Crippen molar-refractivity contribution in [1.29, 1.82) is 0 Å². The first-order valence-electron chi connectivity index (χ1n) is 12.0. The Bertz CT molecular complexity index is 1760. The molecule has 40 heavy (non-hydrogen) atoms. The normalized spacial score (nSPS) is 12.8. The van der Waals surface area contributed by atoms with Crippen LogP contribution in [0.15, 0.2) is 47.4 Å². The molecule has 214 valence electrons. The number of rotatable bonds is 10. The molecule has 12 nitrogen and oxygen atoms in total. The van der Waals surface area contributed by atoms with Gasteiger partial charge in [-0.25, -0.2) is 16.8 Å². The third kappa shape index (κ3) is 5.64. The Morgan fingerprint density at radius 1 is 1.02 bits per heavy atom. The van der Waals surface area contributed by atoms with E-state index in [0.29, 0.717) is 39.2 Å². The van der Waals surface area contributed by atoms with E-state index in [1.165, 1.54) is 31.8 Å². The Hall–Kier alpha value is -3.62. The van der Waals surface area contributed by atoms with Crippen LogP contribution in [0.2, 0.25) is 5.02 Å². The number of aromatic nitrogens is 5. The van der Waals surface area contributed by atoms with Gasteiger partial charge in [-0.1, -0.05) is 30.7 Å². The molecule has 0 aliphatic carbocycles. The maximum Gasteiger partial charge on any atom is 0.243 e. The number of methoxy groups -OCH3 is 2. The molecule has 1 atom stereocenters. The van der Waals surface area contributed by atoms with Crippen LogP contribution in [0.1, 0.15) is 31.0 Å². The van der Waals surface area contributed by atoms with E-state index in [4.69, 9.17) is 21.1 Å². The maximum atomic E-state index is 12.5. The minimum Gasteiger partial charge on any atom is -0.494 e. The second kappa shape index (κ2) is 11.1. The number of hydrogen-bond donors (Lipinski definition) is 1. The SMILES string of the molecule is CCS(=O)(=O)Nc1nnc(-c2cc([C@H](C)c3ccc(Cl)cc3S(C)(=O)=O)n(C)n2)n1-c1c(OC)cccc1OC. The van der Waals surface area contributed by atoms with Crippen LogP contribution in [0.4, 0.5) is 5.95 Å². The highest BCUT2D eigenvalue weighted by Gasteiger charge is 2.28. The number of benzene rings is 2. The lowest BCUT2D eigenvalue weighted by Gasteiger charge is -2.17. The van der Waals surface area contributed by atoms with Gasteiger partial charge in [0, 0.05) is 29.9 Å². The fourth-order valence-corrected chi connectivity index (χ4v) is 6.14. The number of halogens is 1. The summed E-state index contributed by atoms with van der Waals surface area (Å²) in [6, 6.07) is 11.6. The maximum absolute atomic E-state index is 12.5. The van der Waals surface area contributed by atoms with E-state index in [1.54, 1.807) is 48.1 Å². The zero-order valence-corrected chi connectivity index (χ0v) is 25.1. The molecule has 0 aliphatic rings. The second-order valence-corrected chi connectivity index (χ2v) is 13.4. The van der Waals surface area contributed by atoms with Crippen molar-refractivity contribution in [3.63, 3.8) is 0 Å². The highest BCUT2D eigenvalue weighted by molar-refractivity contribution is 7.92. The Morgan fingerprint density at radius 3 is 2.25 bits per heavy atom. The van der Waals surface area contributed by atoms with E-state index in [-0.39, 0.29) is 22.4 Å². The average molecular weight is 609 g/mol. The minimum absolute atomic E-state index is 0.0861. The van der Waals surface area contributed by atoms with E-state index in [9.17, 15) is 16.8 Å². The lowest BCUT2D eigenvalue weighted by molar-refractivity contribution is 0.391. The summed E-state index contributed by atoms with van der Waals surface area (Å²) in [4.78, 5) is 0.119. The van der Waals surface area contributed by atoms with Crippen molar-refractivity contribution in [1.82, 2.24) is 24.5 Å². The largest absolute Gasteiger partial charge is 0.494 e. The van der Waals surface area contributed by atoms with Gasteiger partial charge in [-0.2, -0.15) is 5.10 Å². The third-order valence-corrected chi connectivity index (χ3v) is 8.99. The molecule has 15 heteroatoms.